The molecule has 0 saturated carbocycles. The molecule has 5 nitrogen and oxygen atoms in total. The lowest BCUT2D eigenvalue weighted by molar-refractivity contribution is -0.122. The Hall–Kier alpha value is -2.14. The third kappa shape index (κ3) is 2.58. The predicted octanol–water partition coefficient (Wildman–Crippen LogP) is 1.32. The molecular weight excluding hydrogens is 252 g/mol. The molecule has 0 unspecified atom stereocenters. The van der Waals surface area contributed by atoms with Gasteiger partial charge >= 0.3 is 0 Å². The summed E-state index contributed by atoms with van der Waals surface area (Å²) in [5, 5.41) is 4.56. The summed E-state index contributed by atoms with van der Waals surface area (Å²) in [5.41, 5.74) is 7.43. The highest BCUT2D eigenvalue weighted by Crippen LogP contribution is 2.19. The van der Waals surface area contributed by atoms with E-state index < -0.39 is 0 Å². The van der Waals surface area contributed by atoms with Gasteiger partial charge in [0, 0.05) is 12.7 Å². The normalized spacial score (nSPS) is 19.3. The third-order valence-corrected chi connectivity index (χ3v) is 3.72. The number of aromatic nitrogens is 2. The van der Waals surface area contributed by atoms with E-state index in [1.165, 1.54) is 0 Å². The van der Waals surface area contributed by atoms with Gasteiger partial charge in [0.05, 0.1) is 17.4 Å². The quantitative estimate of drug-likeness (QED) is 0.911. The minimum atomic E-state index is -0.231. The largest absolute Gasteiger partial charge is 0.368 e. The Labute approximate surface area is 118 Å². The standard InChI is InChI=1S/C15H18N4O/c16-15(20)14-7-4-9-18(14)11-12-8-10-19(17-12)13-5-2-1-3-6-13/h1-3,5-6,8,10,14H,4,7,9,11H2,(H2,16,20)/t14-/m1/s1. The number of hydrogen-bond donors (Lipinski definition) is 1. The van der Waals surface area contributed by atoms with Crippen molar-refractivity contribution in [3.63, 3.8) is 0 Å². The SMILES string of the molecule is NC(=O)[C@H]1CCCN1Cc1ccn(-c2ccccc2)n1. The van der Waals surface area contributed by atoms with Gasteiger partial charge < -0.3 is 5.73 Å². The van der Waals surface area contributed by atoms with Gasteiger partial charge in [0.25, 0.3) is 0 Å². The van der Waals surface area contributed by atoms with Gasteiger partial charge in [-0.1, -0.05) is 18.2 Å². The molecule has 1 aromatic carbocycles. The van der Waals surface area contributed by atoms with E-state index in [1.54, 1.807) is 0 Å². The number of likely N-dealkylation sites (tertiary alicyclic amines) is 1. The number of primary amides is 1. The van der Waals surface area contributed by atoms with Gasteiger partial charge in [-0.05, 0) is 37.6 Å². The number of amides is 1. The molecule has 1 aromatic heterocycles. The predicted molar refractivity (Wildman–Crippen MR) is 76.2 cm³/mol. The molecule has 2 N–H and O–H groups in total. The van der Waals surface area contributed by atoms with Crippen LogP contribution in [0.2, 0.25) is 0 Å². The van der Waals surface area contributed by atoms with E-state index in [1.807, 2.05) is 47.3 Å². The summed E-state index contributed by atoms with van der Waals surface area (Å²) >= 11 is 0. The van der Waals surface area contributed by atoms with Gasteiger partial charge in [-0.3, -0.25) is 9.69 Å². The van der Waals surface area contributed by atoms with Crippen molar-refractivity contribution in [1.29, 1.82) is 0 Å². The number of para-hydroxylation sites is 1. The van der Waals surface area contributed by atoms with Crippen LogP contribution in [0.5, 0.6) is 0 Å². The van der Waals surface area contributed by atoms with Gasteiger partial charge in [-0.15, -0.1) is 0 Å². The topological polar surface area (TPSA) is 64.2 Å². The Bertz CT molecular complexity index is 593. The van der Waals surface area contributed by atoms with Gasteiger partial charge in [0.15, 0.2) is 0 Å². The Balaban J connectivity index is 1.73. The molecular formula is C15H18N4O. The second kappa shape index (κ2) is 5.46. The lowest BCUT2D eigenvalue weighted by atomic mass is 10.2. The fraction of sp³-hybridized carbons (Fsp3) is 0.333. The van der Waals surface area contributed by atoms with E-state index >= 15 is 0 Å². The van der Waals surface area contributed by atoms with Crippen LogP contribution in [-0.4, -0.2) is 33.2 Å². The average molecular weight is 270 g/mol. The number of rotatable bonds is 4. The summed E-state index contributed by atoms with van der Waals surface area (Å²) in [6.07, 6.45) is 3.82. The highest BCUT2D eigenvalue weighted by Gasteiger charge is 2.29. The third-order valence-electron chi connectivity index (χ3n) is 3.72. The van der Waals surface area contributed by atoms with E-state index in [0.717, 1.165) is 30.8 Å². The van der Waals surface area contributed by atoms with Crippen molar-refractivity contribution in [1.82, 2.24) is 14.7 Å². The fourth-order valence-electron chi connectivity index (χ4n) is 2.72. The first-order valence-electron chi connectivity index (χ1n) is 6.87. The zero-order valence-corrected chi connectivity index (χ0v) is 11.3. The van der Waals surface area contributed by atoms with Crippen LogP contribution in [0.25, 0.3) is 5.69 Å². The van der Waals surface area contributed by atoms with Crippen LogP contribution in [0.4, 0.5) is 0 Å². The van der Waals surface area contributed by atoms with Crippen molar-refractivity contribution in [2.75, 3.05) is 6.54 Å². The molecule has 0 radical (unpaired) electrons. The van der Waals surface area contributed by atoms with Gasteiger partial charge in [0.2, 0.25) is 5.91 Å². The average Bonchev–Trinajstić information content (AvgIpc) is 3.09. The van der Waals surface area contributed by atoms with Crippen LogP contribution in [0.1, 0.15) is 18.5 Å². The molecule has 0 bridgehead atoms. The lowest BCUT2D eigenvalue weighted by Gasteiger charge is -2.20. The molecule has 20 heavy (non-hydrogen) atoms. The van der Waals surface area contributed by atoms with E-state index in [-0.39, 0.29) is 11.9 Å². The zero-order valence-electron chi connectivity index (χ0n) is 11.3. The zero-order chi connectivity index (χ0) is 13.9. The Morgan fingerprint density at radius 1 is 1.30 bits per heavy atom. The molecule has 0 spiro atoms. The highest BCUT2D eigenvalue weighted by atomic mass is 16.1. The van der Waals surface area contributed by atoms with Crippen LogP contribution in [0.15, 0.2) is 42.6 Å². The molecule has 1 aliphatic rings. The summed E-state index contributed by atoms with van der Waals surface area (Å²) in [6, 6.07) is 11.8. The maximum Gasteiger partial charge on any atom is 0.234 e. The second-order valence-electron chi connectivity index (χ2n) is 5.12. The summed E-state index contributed by atoms with van der Waals surface area (Å²) in [5.74, 6) is -0.231. The molecule has 1 saturated heterocycles. The van der Waals surface area contributed by atoms with Crippen molar-refractivity contribution in [2.24, 2.45) is 5.73 Å². The summed E-state index contributed by atoms with van der Waals surface area (Å²) in [7, 11) is 0. The van der Waals surface area contributed by atoms with E-state index in [0.29, 0.717) is 6.54 Å². The van der Waals surface area contributed by atoms with E-state index in [4.69, 9.17) is 5.73 Å². The molecule has 5 heteroatoms. The first-order valence-corrected chi connectivity index (χ1v) is 6.87. The van der Waals surface area contributed by atoms with Gasteiger partial charge in [-0.25, -0.2) is 4.68 Å². The Morgan fingerprint density at radius 2 is 2.10 bits per heavy atom. The number of nitrogens with zero attached hydrogens (tertiary/aromatic N) is 3. The summed E-state index contributed by atoms with van der Waals surface area (Å²) in [4.78, 5) is 13.5. The van der Waals surface area contributed by atoms with Crippen molar-refractivity contribution >= 4 is 5.91 Å². The number of benzene rings is 1. The van der Waals surface area contributed by atoms with Crippen molar-refractivity contribution < 1.29 is 4.79 Å². The number of hydrogen-bond acceptors (Lipinski definition) is 3. The molecule has 2 aromatic rings. The highest BCUT2D eigenvalue weighted by molar-refractivity contribution is 5.80. The smallest absolute Gasteiger partial charge is 0.234 e. The maximum atomic E-state index is 11.4. The first-order chi connectivity index (χ1) is 9.74. The summed E-state index contributed by atoms with van der Waals surface area (Å²) in [6.45, 7) is 1.58. The molecule has 1 amide bonds. The molecule has 3 rings (SSSR count). The van der Waals surface area contributed by atoms with Crippen LogP contribution in [-0.2, 0) is 11.3 Å². The lowest BCUT2D eigenvalue weighted by Crippen LogP contribution is -2.39. The van der Waals surface area contributed by atoms with Crippen molar-refractivity contribution in [3.8, 4) is 5.69 Å². The molecule has 1 aliphatic heterocycles. The summed E-state index contributed by atoms with van der Waals surface area (Å²) < 4.78 is 1.85. The maximum absolute atomic E-state index is 11.4. The monoisotopic (exact) mass is 270 g/mol. The number of carbonyl (C=O) groups excluding carboxylic acids is 1. The minimum Gasteiger partial charge on any atom is -0.368 e. The van der Waals surface area contributed by atoms with Crippen molar-refractivity contribution in [3.05, 3.63) is 48.3 Å². The fourth-order valence-corrected chi connectivity index (χ4v) is 2.72. The van der Waals surface area contributed by atoms with Gasteiger partial charge in [0.1, 0.15) is 0 Å². The van der Waals surface area contributed by atoms with Crippen LogP contribution in [0, 0.1) is 0 Å². The van der Waals surface area contributed by atoms with Crippen LogP contribution >= 0.6 is 0 Å². The molecule has 2 heterocycles. The van der Waals surface area contributed by atoms with Crippen LogP contribution in [0.3, 0.4) is 0 Å². The number of nitrogens with two attached hydrogens (primary N) is 1. The molecule has 1 fully saturated rings. The van der Waals surface area contributed by atoms with E-state index in [9.17, 15) is 4.79 Å². The molecule has 0 aliphatic carbocycles. The van der Waals surface area contributed by atoms with E-state index in [2.05, 4.69) is 10.00 Å². The Kier molecular flexibility index (Phi) is 3.52. The minimum absolute atomic E-state index is 0.142. The first kappa shape index (κ1) is 12.9. The second-order valence-corrected chi connectivity index (χ2v) is 5.12. The van der Waals surface area contributed by atoms with Crippen LogP contribution < -0.4 is 5.73 Å². The Morgan fingerprint density at radius 3 is 2.85 bits per heavy atom. The number of carbonyl (C=O) groups is 1. The molecule has 1 atom stereocenters. The van der Waals surface area contributed by atoms with Gasteiger partial charge in [-0.2, -0.15) is 5.10 Å². The molecule has 104 valence electrons. The van der Waals surface area contributed by atoms with Crippen molar-refractivity contribution in [2.45, 2.75) is 25.4 Å².